The summed E-state index contributed by atoms with van der Waals surface area (Å²) in [5.74, 6) is -38.3. The Morgan fingerprint density at radius 2 is 0.625 bits per heavy atom. The van der Waals surface area contributed by atoms with E-state index in [0.29, 0.717) is 9.88 Å². The summed E-state index contributed by atoms with van der Waals surface area (Å²) in [5.41, 5.74) is 0. The van der Waals surface area contributed by atoms with E-state index >= 15 is 0 Å². The third-order valence-electron chi connectivity index (χ3n) is 4.46. The Hall–Kier alpha value is -1.94. The third-order valence-corrected chi connectivity index (χ3v) is 4.46. The molecule has 0 saturated carbocycles. The first-order valence-electron chi connectivity index (χ1n) is 7.90. The van der Waals surface area contributed by atoms with Crippen LogP contribution in [0.4, 0.5) is 114 Å². The van der Waals surface area contributed by atoms with E-state index in [1.54, 1.807) is 0 Å². The first-order chi connectivity index (χ1) is 16.9. The van der Waals surface area contributed by atoms with Crippen LogP contribution in [0, 0.1) is 0 Å². The number of hydrogen-bond acceptors (Lipinski definition) is 2. The van der Waals surface area contributed by atoms with Crippen molar-refractivity contribution in [3.05, 3.63) is 0 Å². The zero-order valence-electron chi connectivity index (χ0n) is 16.6. The van der Waals surface area contributed by atoms with Crippen molar-refractivity contribution >= 4 is 0 Å². The van der Waals surface area contributed by atoms with Crippen LogP contribution in [-0.4, -0.2) is 71.0 Å². The van der Waals surface area contributed by atoms with Gasteiger partial charge >= 0.3 is 66.5 Å². The van der Waals surface area contributed by atoms with Gasteiger partial charge in [-0.1, -0.05) is 0 Å². The molecule has 1 atom stereocenters. The zero-order chi connectivity index (χ0) is 33.4. The van der Waals surface area contributed by atoms with Gasteiger partial charge in [0.25, 0.3) is 0 Å². The summed E-state index contributed by atoms with van der Waals surface area (Å²) in [5, 5.41) is 0. The van der Waals surface area contributed by atoms with Gasteiger partial charge in [-0.25, -0.2) is 0 Å². The minimum Gasteiger partial charge on any atom is -0.192 e. The van der Waals surface area contributed by atoms with Crippen LogP contribution in [0.25, 0.3) is 0 Å². The number of quaternary nitrogens is 1. The Kier molecular flexibility index (Phi) is 8.83. The summed E-state index contributed by atoms with van der Waals surface area (Å²) in [4.78, 5) is 1.42. The molecule has 0 saturated heterocycles. The molecule has 0 bridgehead atoms. The van der Waals surface area contributed by atoms with E-state index in [1.165, 1.54) is 0 Å². The zero-order valence-corrected chi connectivity index (χ0v) is 16.6. The molecule has 0 amide bonds. The molecular weight excluding hydrogens is 672 g/mol. The van der Waals surface area contributed by atoms with Crippen molar-refractivity contribution in [2.24, 2.45) is 0 Å². The monoisotopic (exact) mass is 672 g/mol. The predicted octanol–water partition coefficient (Wildman–Crippen LogP) is 8.19. The fourth-order valence-corrected chi connectivity index (χ4v) is 2.47. The summed E-state index contributed by atoms with van der Waals surface area (Å²) in [6.07, 6.45) is -27.1. The van der Waals surface area contributed by atoms with Crippen LogP contribution in [0.1, 0.15) is 0 Å². The molecule has 0 aromatic carbocycles. The van der Waals surface area contributed by atoms with Gasteiger partial charge in [0, 0.05) is 0 Å². The van der Waals surface area contributed by atoms with Crippen molar-refractivity contribution in [2.75, 3.05) is 0 Å². The summed E-state index contributed by atoms with van der Waals surface area (Å²) in [6.45, 7) is 0. The molecule has 0 radical (unpaired) electrons. The van der Waals surface area contributed by atoms with Gasteiger partial charge < -0.3 is 0 Å². The fourth-order valence-electron chi connectivity index (χ4n) is 2.47. The van der Waals surface area contributed by atoms with E-state index in [2.05, 4.69) is 0 Å². The largest absolute Gasteiger partial charge is 0.576 e. The van der Waals surface area contributed by atoms with Crippen LogP contribution < -0.4 is 0 Å². The van der Waals surface area contributed by atoms with Gasteiger partial charge in [-0.2, -0.15) is 65.9 Å². The smallest absolute Gasteiger partial charge is 0.192 e. The number of rotatable bonds is 10. The molecule has 0 aromatic rings. The second-order valence-electron chi connectivity index (χ2n) is 6.75. The summed E-state index contributed by atoms with van der Waals surface area (Å²) >= 11 is 0. The molecular formula is C11F26NO2+. The van der Waals surface area contributed by atoms with Gasteiger partial charge in [-0.05, 0) is 13.5 Å². The normalized spacial score (nSPS) is 18.1. The van der Waals surface area contributed by atoms with Crippen molar-refractivity contribution in [2.45, 2.75) is 66.5 Å². The molecule has 0 aliphatic carbocycles. The SMILES string of the molecule is FOC(F)(OF)C(F)(F)[N+](C(F)(F)F)(C(F)(F)C(F)(F)F)C(F)(F)C(F)(F)C(F)(F)C(F)(F)C(F)(F)C(F)(F)F. The molecule has 0 fully saturated rings. The van der Waals surface area contributed by atoms with E-state index in [1.807, 2.05) is 0 Å². The third kappa shape index (κ3) is 4.17. The highest BCUT2D eigenvalue weighted by molar-refractivity contribution is 5.09. The molecule has 40 heavy (non-hydrogen) atoms. The maximum Gasteiger partial charge on any atom is 0.576 e. The lowest BCUT2D eigenvalue weighted by Gasteiger charge is -2.52. The Balaban J connectivity index is 8.56. The van der Waals surface area contributed by atoms with E-state index in [0.717, 1.165) is 0 Å². The summed E-state index contributed by atoms with van der Waals surface area (Å²) < 4.78 is 332. The molecule has 0 spiro atoms. The van der Waals surface area contributed by atoms with Crippen molar-refractivity contribution in [1.29, 1.82) is 0 Å². The predicted molar refractivity (Wildman–Crippen MR) is 61.3 cm³/mol. The second kappa shape index (κ2) is 9.28. The quantitative estimate of drug-likeness (QED) is 0.101. The standard InChI is InChI=1S/C11F26NO2/c12-1(13,3(16,17)5(20,21)22)2(14,15)4(18,19)7(26,27)38(11(33,34)35,8(28,29)6(23,24)25)9(30,31)10(32,39-36)40-37/q+1. The molecule has 1 unspecified atom stereocenters. The molecule has 242 valence electrons. The average Bonchev–Trinajstić information content (AvgIpc) is 2.69. The van der Waals surface area contributed by atoms with E-state index < -0.39 is 71.0 Å². The van der Waals surface area contributed by atoms with E-state index in [9.17, 15) is 114 Å². The van der Waals surface area contributed by atoms with E-state index in [-0.39, 0.29) is 0 Å². The highest BCUT2D eigenvalue weighted by Gasteiger charge is 3.07. The number of hydrogen-bond donors (Lipinski definition) is 0. The lowest BCUT2D eigenvalue weighted by Crippen LogP contribution is -2.91. The molecule has 29 heteroatoms. The van der Waals surface area contributed by atoms with Crippen LogP contribution in [0.3, 0.4) is 0 Å². The highest BCUT2D eigenvalue weighted by Crippen LogP contribution is 2.70. The maximum atomic E-state index is 14.2. The van der Waals surface area contributed by atoms with Crippen LogP contribution in [0.5, 0.6) is 0 Å². The molecule has 0 N–H and O–H groups in total. The minimum atomic E-state index is -10.4. The Morgan fingerprint density at radius 3 is 0.850 bits per heavy atom. The van der Waals surface area contributed by atoms with Crippen LogP contribution in [0.2, 0.25) is 0 Å². The van der Waals surface area contributed by atoms with Crippen molar-refractivity contribution in [3.8, 4) is 0 Å². The summed E-state index contributed by atoms with van der Waals surface area (Å²) in [7, 11) is 0. The van der Waals surface area contributed by atoms with Gasteiger partial charge in [-0.15, -0.1) is 49.4 Å². The molecule has 0 heterocycles. The van der Waals surface area contributed by atoms with Crippen LogP contribution >= 0.6 is 0 Å². The van der Waals surface area contributed by atoms with Gasteiger partial charge in [0.05, 0.1) is 0 Å². The minimum absolute atomic E-state index is 0.708. The average molecular weight is 672 g/mol. The molecule has 0 rings (SSSR count). The van der Waals surface area contributed by atoms with Crippen molar-refractivity contribution < 1.29 is 129 Å². The number of halogens is 26. The van der Waals surface area contributed by atoms with Gasteiger partial charge in [0.15, 0.2) is 0 Å². The lowest BCUT2D eigenvalue weighted by molar-refractivity contribution is -1.22. The van der Waals surface area contributed by atoms with Gasteiger partial charge in [0.1, 0.15) is 0 Å². The number of alkyl halides is 24. The topological polar surface area (TPSA) is 18.5 Å². The molecule has 0 aromatic heterocycles. The Bertz CT molecular complexity index is 907. The summed E-state index contributed by atoms with van der Waals surface area (Å²) in [6, 6.07) is -38.3. The van der Waals surface area contributed by atoms with Crippen molar-refractivity contribution in [1.82, 2.24) is 0 Å². The van der Waals surface area contributed by atoms with Crippen molar-refractivity contribution in [3.63, 3.8) is 0 Å². The van der Waals surface area contributed by atoms with Crippen LogP contribution in [0.15, 0.2) is 0 Å². The molecule has 0 aliphatic heterocycles. The fraction of sp³-hybridized carbons (Fsp3) is 1.00. The number of nitrogens with zero attached hydrogens (tertiary/aromatic N) is 1. The van der Waals surface area contributed by atoms with E-state index in [4.69, 9.17) is 0 Å². The first kappa shape index (κ1) is 38.1. The molecule has 3 nitrogen and oxygen atoms in total. The van der Waals surface area contributed by atoms with Gasteiger partial charge in [-0.3, -0.25) is 0 Å². The maximum absolute atomic E-state index is 14.2. The Labute approximate surface area is 197 Å². The molecule has 0 aliphatic rings. The highest BCUT2D eigenvalue weighted by atomic mass is 19.4. The van der Waals surface area contributed by atoms with Gasteiger partial charge in [0.2, 0.25) is 0 Å². The lowest BCUT2D eigenvalue weighted by atomic mass is 9.94. The second-order valence-corrected chi connectivity index (χ2v) is 6.75. The van der Waals surface area contributed by atoms with Crippen LogP contribution in [-0.2, 0) is 9.88 Å². The first-order valence-corrected chi connectivity index (χ1v) is 7.90. The Morgan fingerprint density at radius 1 is 0.325 bits per heavy atom.